The maximum atomic E-state index is 12.2. The van der Waals surface area contributed by atoms with Crippen LogP contribution in [0.15, 0.2) is 22.7 Å². The number of carbonyl (C=O) groups is 1. The van der Waals surface area contributed by atoms with Gasteiger partial charge in [-0.2, -0.15) is 0 Å². The molecular formula is C17H19BrO2. The third kappa shape index (κ3) is 2.03. The van der Waals surface area contributed by atoms with Crippen molar-refractivity contribution in [2.75, 3.05) is 0 Å². The van der Waals surface area contributed by atoms with Crippen LogP contribution in [0.4, 0.5) is 0 Å². The molecule has 0 aromatic heterocycles. The molecule has 1 N–H and O–H groups in total. The van der Waals surface area contributed by atoms with Crippen molar-refractivity contribution >= 4 is 27.3 Å². The molecule has 0 bridgehead atoms. The molecule has 0 amide bonds. The van der Waals surface area contributed by atoms with Gasteiger partial charge in [0.2, 0.25) is 0 Å². The normalized spacial score (nSPS) is 24.8. The zero-order valence-electron chi connectivity index (χ0n) is 11.7. The van der Waals surface area contributed by atoms with Crippen LogP contribution < -0.4 is 0 Å². The number of allylic oxidation sites excluding steroid dienone is 2. The van der Waals surface area contributed by atoms with Crippen LogP contribution in [0.5, 0.6) is 5.75 Å². The van der Waals surface area contributed by atoms with Crippen molar-refractivity contribution in [2.45, 2.75) is 45.4 Å². The average Bonchev–Trinajstić information content (AvgIpc) is 2.69. The number of aromatic hydroxyl groups is 1. The van der Waals surface area contributed by atoms with Gasteiger partial charge in [0, 0.05) is 11.8 Å². The summed E-state index contributed by atoms with van der Waals surface area (Å²) >= 11 is 3.53. The van der Waals surface area contributed by atoms with Crippen molar-refractivity contribution in [3.8, 4) is 5.75 Å². The first-order chi connectivity index (χ1) is 9.57. The molecule has 2 nitrogen and oxygen atoms in total. The van der Waals surface area contributed by atoms with Gasteiger partial charge in [-0.05, 0) is 64.0 Å². The van der Waals surface area contributed by atoms with Gasteiger partial charge in [-0.3, -0.25) is 4.79 Å². The van der Waals surface area contributed by atoms with Crippen LogP contribution in [-0.4, -0.2) is 10.9 Å². The number of hydrogen-bond donors (Lipinski definition) is 1. The summed E-state index contributed by atoms with van der Waals surface area (Å²) in [7, 11) is 0. The molecule has 1 aromatic rings. The number of aryl methyl sites for hydroxylation is 1. The molecule has 0 radical (unpaired) electrons. The molecule has 0 aliphatic heterocycles. The molecule has 20 heavy (non-hydrogen) atoms. The summed E-state index contributed by atoms with van der Waals surface area (Å²) in [6, 6.07) is 5.54. The molecule has 106 valence electrons. The molecule has 0 saturated carbocycles. The van der Waals surface area contributed by atoms with E-state index in [2.05, 4.69) is 22.9 Å². The Labute approximate surface area is 128 Å². The smallest absolute Gasteiger partial charge is 0.171 e. The number of halogens is 1. The van der Waals surface area contributed by atoms with Gasteiger partial charge in [-0.15, -0.1) is 0 Å². The number of phenols is 1. The van der Waals surface area contributed by atoms with E-state index in [1.165, 1.54) is 11.1 Å². The van der Waals surface area contributed by atoms with Crippen molar-refractivity contribution < 1.29 is 9.90 Å². The van der Waals surface area contributed by atoms with Crippen molar-refractivity contribution in [1.82, 2.24) is 0 Å². The number of fused-ring (bicyclic) bond motifs is 3. The second-order valence-electron chi connectivity index (χ2n) is 6.01. The van der Waals surface area contributed by atoms with Gasteiger partial charge in [0.1, 0.15) is 5.75 Å². The Morgan fingerprint density at radius 2 is 2.20 bits per heavy atom. The first kappa shape index (κ1) is 13.9. The summed E-state index contributed by atoms with van der Waals surface area (Å²) in [5.41, 5.74) is 3.54. The maximum absolute atomic E-state index is 12.2. The largest absolute Gasteiger partial charge is 0.508 e. The highest BCUT2D eigenvalue weighted by Crippen LogP contribution is 2.57. The molecule has 0 spiro atoms. The van der Waals surface area contributed by atoms with Crippen molar-refractivity contribution in [3.05, 3.63) is 33.8 Å². The van der Waals surface area contributed by atoms with Crippen molar-refractivity contribution in [1.29, 1.82) is 0 Å². The summed E-state index contributed by atoms with van der Waals surface area (Å²) in [5, 5.41) is 9.66. The zero-order valence-corrected chi connectivity index (χ0v) is 13.3. The minimum absolute atomic E-state index is 0.0237. The van der Waals surface area contributed by atoms with Crippen LogP contribution in [0, 0.1) is 5.41 Å². The van der Waals surface area contributed by atoms with Crippen molar-refractivity contribution in [3.63, 3.8) is 0 Å². The molecule has 1 unspecified atom stereocenters. The lowest BCUT2D eigenvalue weighted by Crippen LogP contribution is -2.26. The number of hydrogen-bond acceptors (Lipinski definition) is 2. The van der Waals surface area contributed by atoms with Gasteiger partial charge < -0.3 is 5.11 Å². The van der Waals surface area contributed by atoms with Crippen LogP contribution in [0.25, 0.3) is 5.57 Å². The molecule has 3 rings (SSSR count). The number of carbonyl (C=O) groups excluding carboxylic acids is 1. The zero-order chi connectivity index (χ0) is 14.3. The Kier molecular flexibility index (Phi) is 3.49. The molecule has 0 heterocycles. The Morgan fingerprint density at radius 3 is 2.95 bits per heavy atom. The quantitative estimate of drug-likeness (QED) is 0.877. The van der Waals surface area contributed by atoms with Gasteiger partial charge in [0.15, 0.2) is 5.78 Å². The van der Waals surface area contributed by atoms with Crippen LogP contribution >= 0.6 is 15.9 Å². The SMILES string of the molecule is CCCCC12CCc3cc(O)ccc3C1=C(Br)C(=O)C2. The number of phenolic OH excluding ortho intramolecular Hbond substituents is 1. The van der Waals surface area contributed by atoms with Crippen LogP contribution in [0.1, 0.15) is 50.2 Å². The van der Waals surface area contributed by atoms with Gasteiger partial charge >= 0.3 is 0 Å². The molecule has 1 atom stereocenters. The second-order valence-corrected chi connectivity index (χ2v) is 6.81. The van der Waals surface area contributed by atoms with Gasteiger partial charge in [-0.1, -0.05) is 25.8 Å². The Morgan fingerprint density at radius 1 is 1.40 bits per heavy atom. The van der Waals surface area contributed by atoms with Crippen LogP contribution in [-0.2, 0) is 11.2 Å². The van der Waals surface area contributed by atoms with Crippen molar-refractivity contribution in [2.24, 2.45) is 5.41 Å². The first-order valence-electron chi connectivity index (χ1n) is 7.33. The fourth-order valence-electron chi connectivity index (χ4n) is 3.72. The Bertz CT molecular complexity index is 603. The summed E-state index contributed by atoms with van der Waals surface area (Å²) < 4.78 is 0.764. The third-order valence-corrected chi connectivity index (χ3v) is 5.57. The molecule has 3 heteroatoms. The third-order valence-electron chi connectivity index (χ3n) is 4.73. The Balaban J connectivity index is 2.12. The number of rotatable bonds is 3. The second kappa shape index (κ2) is 5.03. The van der Waals surface area contributed by atoms with E-state index in [-0.39, 0.29) is 11.2 Å². The van der Waals surface area contributed by atoms with E-state index < -0.39 is 0 Å². The van der Waals surface area contributed by atoms with E-state index in [9.17, 15) is 9.90 Å². The van der Waals surface area contributed by atoms with Gasteiger partial charge in [-0.25, -0.2) is 0 Å². The summed E-state index contributed by atoms with van der Waals surface area (Å²) in [6.45, 7) is 2.20. The molecule has 0 saturated heterocycles. The fourth-order valence-corrected chi connectivity index (χ4v) is 4.50. The highest BCUT2D eigenvalue weighted by molar-refractivity contribution is 9.12. The number of Topliss-reactive ketones (excluding diaryl/α,β-unsaturated/α-hetero) is 1. The lowest BCUT2D eigenvalue weighted by atomic mass is 9.66. The highest BCUT2D eigenvalue weighted by atomic mass is 79.9. The summed E-state index contributed by atoms with van der Waals surface area (Å²) in [4.78, 5) is 12.2. The fraction of sp³-hybridized carbons (Fsp3) is 0.471. The monoisotopic (exact) mass is 334 g/mol. The Hall–Kier alpha value is -1.09. The lowest BCUT2D eigenvalue weighted by molar-refractivity contribution is -0.115. The first-order valence-corrected chi connectivity index (χ1v) is 8.12. The van der Waals surface area contributed by atoms with E-state index in [1.807, 2.05) is 12.1 Å². The number of benzene rings is 1. The van der Waals surface area contributed by atoms with E-state index in [1.54, 1.807) is 6.07 Å². The molecule has 2 aliphatic carbocycles. The molecule has 2 aliphatic rings. The number of unbranched alkanes of at least 4 members (excludes halogenated alkanes) is 1. The standard InChI is InChI=1S/C17H19BrO2/c1-2-3-7-17-8-6-11-9-12(19)4-5-13(11)15(17)16(18)14(20)10-17/h4-5,9,19H,2-3,6-8,10H2,1H3. The summed E-state index contributed by atoms with van der Waals surface area (Å²) in [5.74, 6) is 0.544. The lowest BCUT2D eigenvalue weighted by Gasteiger charge is -2.37. The molecule has 0 fully saturated rings. The highest BCUT2D eigenvalue weighted by Gasteiger charge is 2.47. The predicted molar refractivity (Wildman–Crippen MR) is 83.9 cm³/mol. The van der Waals surface area contributed by atoms with E-state index in [0.29, 0.717) is 12.2 Å². The van der Waals surface area contributed by atoms with Gasteiger partial charge in [0.05, 0.1) is 4.48 Å². The molecular weight excluding hydrogens is 316 g/mol. The maximum Gasteiger partial charge on any atom is 0.171 e. The topological polar surface area (TPSA) is 37.3 Å². The van der Waals surface area contributed by atoms with Crippen LogP contribution in [0.3, 0.4) is 0 Å². The minimum atomic E-state index is 0.0237. The van der Waals surface area contributed by atoms with Gasteiger partial charge in [0.25, 0.3) is 0 Å². The van der Waals surface area contributed by atoms with E-state index in [4.69, 9.17) is 0 Å². The predicted octanol–water partition coefficient (Wildman–Crippen LogP) is 4.59. The average molecular weight is 335 g/mol. The number of ketones is 1. The van der Waals surface area contributed by atoms with Crippen LogP contribution in [0.2, 0.25) is 0 Å². The van der Waals surface area contributed by atoms with E-state index >= 15 is 0 Å². The molecule has 1 aromatic carbocycles. The summed E-state index contributed by atoms with van der Waals surface area (Å²) in [6.07, 6.45) is 6.00. The minimum Gasteiger partial charge on any atom is -0.508 e. The van der Waals surface area contributed by atoms with E-state index in [0.717, 1.165) is 42.1 Å².